The van der Waals surface area contributed by atoms with Crippen LogP contribution >= 0.6 is 0 Å². The van der Waals surface area contributed by atoms with E-state index in [0.717, 1.165) is 16.8 Å². The number of amides is 1. The topological polar surface area (TPSA) is 64.3 Å². The molecule has 0 radical (unpaired) electrons. The zero-order valence-corrected chi connectivity index (χ0v) is 12.3. The number of aryl methyl sites for hydroxylation is 1. The van der Waals surface area contributed by atoms with Gasteiger partial charge in [-0.2, -0.15) is 0 Å². The third-order valence-corrected chi connectivity index (χ3v) is 3.19. The first-order valence-corrected chi connectivity index (χ1v) is 6.90. The summed E-state index contributed by atoms with van der Waals surface area (Å²) in [5, 5.41) is 2.83. The summed E-state index contributed by atoms with van der Waals surface area (Å²) in [6.45, 7) is 3.79. The normalized spacial score (nSPS) is 11.8. The number of carbonyl (C=O) groups excluding carboxylic acids is 1. The monoisotopic (exact) mass is 284 g/mol. The van der Waals surface area contributed by atoms with Gasteiger partial charge in [-0.05, 0) is 31.5 Å². The van der Waals surface area contributed by atoms with Crippen molar-refractivity contribution in [3.8, 4) is 5.75 Å². The van der Waals surface area contributed by atoms with Crippen molar-refractivity contribution >= 4 is 11.6 Å². The van der Waals surface area contributed by atoms with Gasteiger partial charge in [-0.15, -0.1) is 0 Å². The summed E-state index contributed by atoms with van der Waals surface area (Å²) in [6, 6.07) is 15.0. The maximum absolute atomic E-state index is 12.0. The Labute approximate surface area is 124 Å². The Hall–Kier alpha value is -2.33. The average molecular weight is 284 g/mol. The number of nitrogens with two attached hydrogens (primary N) is 1. The van der Waals surface area contributed by atoms with Gasteiger partial charge in [0.25, 0.3) is 5.91 Å². The number of hydrogen-bond acceptors (Lipinski definition) is 3. The van der Waals surface area contributed by atoms with Crippen LogP contribution in [0.3, 0.4) is 0 Å². The molecular weight excluding hydrogens is 264 g/mol. The smallest absolute Gasteiger partial charge is 0.262 e. The molecule has 0 saturated carbocycles. The van der Waals surface area contributed by atoms with E-state index in [-0.39, 0.29) is 18.6 Å². The summed E-state index contributed by atoms with van der Waals surface area (Å²) in [7, 11) is 0. The van der Waals surface area contributed by atoms with E-state index < -0.39 is 0 Å². The van der Waals surface area contributed by atoms with E-state index in [2.05, 4.69) is 5.32 Å². The molecule has 0 aliphatic carbocycles. The number of ether oxygens (including phenoxy) is 1. The van der Waals surface area contributed by atoms with Gasteiger partial charge in [0, 0.05) is 17.3 Å². The number of carbonyl (C=O) groups is 1. The van der Waals surface area contributed by atoms with E-state index in [4.69, 9.17) is 10.5 Å². The molecule has 0 aliphatic rings. The molecule has 2 aromatic rings. The number of para-hydroxylation sites is 2. The molecule has 0 fully saturated rings. The van der Waals surface area contributed by atoms with Crippen molar-refractivity contribution in [3.05, 3.63) is 59.7 Å². The SMILES string of the molecule is Cc1ccccc1NC(=O)COc1ccccc1[C@@H](C)N. The summed E-state index contributed by atoms with van der Waals surface area (Å²) in [4.78, 5) is 12.0. The van der Waals surface area contributed by atoms with Crippen LogP contribution in [0.2, 0.25) is 0 Å². The van der Waals surface area contributed by atoms with Gasteiger partial charge in [0.15, 0.2) is 6.61 Å². The van der Waals surface area contributed by atoms with E-state index >= 15 is 0 Å². The van der Waals surface area contributed by atoms with Crippen LogP contribution in [-0.2, 0) is 4.79 Å². The van der Waals surface area contributed by atoms with Crippen LogP contribution in [0.15, 0.2) is 48.5 Å². The molecule has 21 heavy (non-hydrogen) atoms. The minimum Gasteiger partial charge on any atom is -0.483 e. The second-order valence-corrected chi connectivity index (χ2v) is 4.98. The lowest BCUT2D eigenvalue weighted by Gasteiger charge is -2.14. The molecule has 1 amide bonds. The lowest BCUT2D eigenvalue weighted by molar-refractivity contribution is -0.118. The molecule has 2 rings (SSSR count). The number of hydrogen-bond donors (Lipinski definition) is 2. The molecule has 0 heterocycles. The van der Waals surface area contributed by atoms with Crippen molar-refractivity contribution in [2.24, 2.45) is 5.73 Å². The first kappa shape index (κ1) is 15.1. The van der Waals surface area contributed by atoms with Gasteiger partial charge in [0.2, 0.25) is 0 Å². The summed E-state index contributed by atoms with van der Waals surface area (Å²) in [5.74, 6) is 0.455. The fraction of sp³-hybridized carbons (Fsp3) is 0.235. The van der Waals surface area contributed by atoms with Crippen molar-refractivity contribution in [2.75, 3.05) is 11.9 Å². The molecule has 4 nitrogen and oxygen atoms in total. The molecule has 1 atom stereocenters. The summed E-state index contributed by atoms with van der Waals surface area (Å²) >= 11 is 0. The zero-order valence-electron chi connectivity index (χ0n) is 12.3. The molecular formula is C17H20N2O2. The number of nitrogens with one attached hydrogen (secondary N) is 1. The van der Waals surface area contributed by atoms with E-state index in [1.54, 1.807) is 0 Å². The first-order chi connectivity index (χ1) is 10.1. The molecule has 3 N–H and O–H groups in total. The van der Waals surface area contributed by atoms with Crippen LogP contribution in [0.25, 0.3) is 0 Å². The first-order valence-electron chi connectivity index (χ1n) is 6.90. The minimum atomic E-state index is -0.191. The van der Waals surface area contributed by atoms with Crippen LogP contribution in [-0.4, -0.2) is 12.5 Å². The minimum absolute atomic E-state index is 0.0436. The summed E-state index contributed by atoms with van der Waals surface area (Å²) in [6.07, 6.45) is 0. The van der Waals surface area contributed by atoms with Crippen molar-refractivity contribution in [2.45, 2.75) is 19.9 Å². The predicted octanol–water partition coefficient (Wildman–Crippen LogP) is 3.03. The van der Waals surface area contributed by atoms with E-state index in [1.807, 2.05) is 62.4 Å². The Bertz CT molecular complexity index is 624. The Morgan fingerprint density at radius 2 is 1.86 bits per heavy atom. The second kappa shape index (κ2) is 6.90. The van der Waals surface area contributed by atoms with E-state index in [9.17, 15) is 4.79 Å². The lowest BCUT2D eigenvalue weighted by Crippen LogP contribution is -2.21. The highest BCUT2D eigenvalue weighted by atomic mass is 16.5. The third kappa shape index (κ3) is 4.07. The van der Waals surface area contributed by atoms with Gasteiger partial charge in [0.05, 0.1) is 0 Å². The Balaban J connectivity index is 1.97. The lowest BCUT2D eigenvalue weighted by atomic mass is 10.1. The fourth-order valence-electron chi connectivity index (χ4n) is 2.03. The van der Waals surface area contributed by atoms with Crippen molar-refractivity contribution in [1.82, 2.24) is 0 Å². The highest BCUT2D eigenvalue weighted by molar-refractivity contribution is 5.92. The predicted molar refractivity (Wildman–Crippen MR) is 84.3 cm³/mol. The van der Waals surface area contributed by atoms with E-state index in [0.29, 0.717) is 5.75 Å². The van der Waals surface area contributed by atoms with Gasteiger partial charge in [-0.25, -0.2) is 0 Å². The van der Waals surface area contributed by atoms with Crippen LogP contribution in [0.4, 0.5) is 5.69 Å². The molecule has 0 aliphatic heterocycles. The molecule has 2 aromatic carbocycles. The quantitative estimate of drug-likeness (QED) is 0.887. The van der Waals surface area contributed by atoms with Crippen LogP contribution in [0, 0.1) is 6.92 Å². The van der Waals surface area contributed by atoms with Crippen LogP contribution < -0.4 is 15.8 Å². The molecule has 0 spiro atoms. The Morgan fingerprint density at radius 1 is 1.19 bits per heavy atom. The van der Waals surface area contributed by atoms with Crippen molar-refractivity contribution in [1.29, 1.82) is 0 Å². The van der Waals surface area contributed by atoms with Gasteiger partial charge in [-0.1, -0.05) is 36.4 Å². The standard InChI is InChI=1S/C17H20N2O2/c1-12-7-3-5-9-15(12)19-17(20)11-21-16-10-6-4-8-14(16)13(2)18/h3-10,13H,11,18H2,1-2H3,(H,19,20)/t13-/m1/s1. The number of benzene rings is 2. The fourth-order valence-corrected chi connectivity index (χ4v) is 2.03. The maximum Gasteiger partial charge on any atom is 0.262 e. The molecule has 4 heteroatoms. The molecule has 110 valence electrons. The van der Waals surface area contributed by atoms with E-state index in [1.165, 1.54) is 0 Å². The molecule has 0 saturated heterocycles. The van der Waals surface area contributed by atoms with Crippen molar-refractivity contribution < 1.29 is 9.53 Å². The van der Waals surface area contributed by atoms with Crippen molar-refractivity contribution in [3.63, 3.8) is 0 Å². The molecule has 0 unspecified atom stereocenters. The maximum atomic E-state index is 12.0. The highest BCUT2D eigenvalue weighted by Gasteiger charge is 2.10. The second-order valence-electron chi connectivity index (χ2n) is 4.98. The van der Waals surface area contributed by atoms with Gasteiger partial charge >= 0.3 is 0 Å². The Kier molecular flexibility index (Phi) is 4.95. The third-order valence-electron chi connectivity index (χ3n) is 3.19. The van der Waals surface area contributed by atoms with Gasteiger partial charge in [-0.3, -0.25) is 4.79 Å². The van der Waals surface area contributed by atoms with Gasteiger partial charge in [0.1, 0.15) is 5.75 Å². The summed E-state index contributed by atoms with van der Waals surface area (Å²) in [5.41, 5.74) is 8.59. The molecule has 0 aromatic heterocycles. The Morgan fingerprint density at radius 3 is 2.57 bits per heavy atom. The molecule has 0 bridgehead atoms. The van der Waals surface area contributed by atoms with Crippen LogP contribution in [0.5, 0.6) is 5.75 Å². The van der Waals surface area contributed by atoms with Gasteiger partial charge < -0.3 is 15.8 Å². The number of anilines is 1. The highest BCUT2D eigenvalue weighted by Crippen LogP contribution is 2.23. The summed E-state index contributed by atoms with van der Waals surface area (Å²) < 4.78 is 5.58. The average Bonchev–Trinajstić information content (AvgIpc) is 2.48. The zero-order chi connectivity index (χ0) is 15.2. The largest absolute Gasteiger partial charge is 0.483 e. The van der Waals surface area contributed by atoms with Crippen LogP contribution in [0.1, 0.15) is 24.1 Å². The number of rotatable bonds is 5.